The van der Waals surface area contributed by atoms with Crippen molar-refractivity contribution in [2.24, 2.45) is 0 Å². The van der Waals surface area contributed by atoms with E-state index in [2.05, 4.69) is 6.92 Å². The maximum atomic E-state index is 8.08. The molecule has 0 bridgehead atoms. The van der Waals surface area contributed by atoms with Crippen molar-refractivity contribution in [3.63, 3.8) is 0 Å². The molecule has 0 rings (SSSR count). The summed E-state index contributed by atoms with van der Waals surface area (Å²) in [6, 6.07) is 0. The fraction of sp³-hybridized carbons (Fsp3) is 0.667. The van der Waals surface area contributed by atoms with Gasteiger partial charge in [0.05, 0.1) is 7.45 Å². The molecule has 0 saturated carbocycles. The number of aliphatic hydroxyl groups is 1. The second-order valence-electron chi connectivity index (χ2n) is 0.735. The first-order valence-electron chi connectivity index (χ1n) is 1.58. The Labute approximate surface area is 27.7 Å². The molecule has 25 valence electrons. The summed E-state index contributed by atoms with van der Waals surface area (Å²) in [6.07, 6.45) is -1.50. The molecule has 4 heavy (non-hydrogen) atoms. The van der Waals surface area contributed by atoms with E-state index in [1.165, 1.54) is 6.92 Å². The van der Waals surface area contributed by atoms with Crippen LogP contribution in [0.1, 0.15) is 8.29 Å². The van der Waals surface area contributed by atoms with Gasteiger partial charge in [0.25, 0.3) is 0 Å². The van der Waals surface area contributed by atoms with E-state index in [0.717, 1.165) is 0 Å². The summed E-state index contributed by atoms with van der Waals surface area (Å²) >= 11 is 0. The Hall–Kier alpha value is -0.0400. The molecule has 0 spiro atoms. The van der Waals surface area contributed by atoms with Gasteiger partial charge in [-0.2, -0.15) is 0 Å². The minimum absolute atomic E-state index is 1.30. The van der Waals surface area contributed by atoms with Gasteiger partial charge in [-0.15, -0.1) is 0 Å². The zero-order valence-corrected chi connectivity index (χ0v) is 2.65. The zero-order chi connectivity index (χ0) is 4.50. The fourth-order valence-corrected chi connectivity index (χ4v) is 0. The maximum Gasteiger partial charge on any atom is 0.0597 e. The molecule has 0 amide bonds. The fourth-order valence-electron chi connectivity index (χ4n) is 0. The van der Waals surface area contributed by atoms with Crippen LogP contribution in [0.5, 0.6) is 0 Å². The Kier molecular flexibility index (Phi) is 0.718. The lowest BCUT2D eigenvalue weighted by Gasteiger charge is -1.79. The van der Waals surface area contributed by atoms with Crippen molar-refractivity contribution in [1.82, 2.24) is 0 Å². The van der Waals surface area contributed by atoms with Crippen LogP contribution in [0.25, 0.3) is 0 Å². The highest BCUT2D eigenvalue weighted by atomic mass is 16.3. The van der Waals surface area contributed by atoms with Gasteiger partial charge >= 0.3 is 0 Å². The first-order chi connectivity index (χ1) is 2.00. The van der Waals surface area contributed by atoms with Gasteiger partial charge in [-0.1, -0.05) is 0 Å². The van der Waals surface area contributed by atoms with Crippen LogP contribution in [0.3, 0.4) is 0 Å². The van der Waals surface area contributed by atoms with Crippen molar-refractivity contribution in [3.8, 4) is 0 Å². The molecule has 0 aliphatic rings. The number of hydrogen-bond acceptors (Lipinski definition) is 1. The molecule has 0 aliphatic heterocycles. The molecular formula is C3H7O. The first-order valence-corrected chi connectivity index (χ1v) is 1.08. The Balaban J connectivity index is 3.02. The Morgan fingerprint density at radius 3 is 2.50 bits per heavy atom. The predicted octanol–water partition coefficient (Wildman–Crippen LogP) is 0.201. The average molecular weight is 60.1 g/mol. The highest BCUT2D eigenvalue weighted by molar-refractivity contribution is 4.40. The lowest BCUT2D eigenvalue weighted by Crippen LogP contribution is -1.86. The highest BCUT2D eigenvalue weighted by Gasteiger charge is 1.69. The van der Waals surface area contributed by atoms with E-state index in [1.54, 1.807) is 0 Å². The summed E-state index contributed by atoms with van der Waals surface area (Å²) in [5.41, 5.74) is 0. The Bertz CT molecular complexity index is 22.4. The SMILES string of the molecule is [2H]C([CH2])(C)O. The normalized spacial score (nSPS) is 15.2. The maximum absolute atomic E-state index is 8.08. The van der Waals surface area contributed by atoms with E-state index in [1.807, 2.05) is 0 Å². The van der Waals surface area contributed by atoms with Gasteiger partial charge in [-0.05, 0) is 13.8 Å². The van der Waals surface area contributed by atoms with Crippen molar-refractivity contribution in [3.05, 3.63) is 6.92 Å². The molecule has 0 aromatic carbocycles. The largest absolute Gasteiger partial charge is 0.393 e. The van der Waals surface area contributed by atoms with E-state index in [0.29, 0.717) is 0 Å². The molecule has 1 atom stereocenters. The van der Waals surface area contributed by atoms with Gasteiger partial charge in [0.2, 0.25) is 0 Å². The average Bonchev–Trinajstić information content (AvgIpc) is 0.722. The van der Waals surface area contributed by atoms with Crippen molar-refractivity contribution >= 4 is 0 Å². The van der Waals surface area contributed by atoms with Gasteiger partial charge in [0, 0.05) is 0 Å². The van der Waals surface area contributed by atoms with Gasteiger partial charge < -0.3 is 5.11 Å². The van der Waals surface area contributed by atoms with Crippen LogP contribution in [0.15, 0.2) is 0 Å². The third kappa shape index (κ3) is 1130. The smallest absolute Gasteiger partial charge is 0.0597 e. The second-order valence-corrected chi connectivity index (χ2v) is 0.735. The van der Waals surface area contributed by atoms with Crippen LogP contribution < -0.4 is 0 Å². The third-order valence-electron chi connectivity index (χ3n) is 0. The van der Waals surface area contributed by atoms with Crippen LogP contribution in [-0.4, -0.2) is 11.2 Å². The van der Waals surface area contributed by atoms with Crippen molar-refractivity contribution in [1.29, 1.82) is 0 Å². The summed E-state index contributed by atoms with van der Waals surface area (Å²) in [5.74, 6) is 0. The minimum atomic E-state index is -1.50. The molecule has 0 aromatic heterocycles. The molecule has 1 heteroatoms. The lowest BCUT2D eigenvalue weighted by molar-refractivity contribution is 0.241. The van der Waals surface area contributed by atoms with Gasteiger partial charge in [0.15, 0.2) is 0 Å². The second kappa shape index (κ2) is 1.30. The molecule has 1 N–H and O–H groups in total. The Morgan fingerprint density at radius 2 is 2.50 bits per heavy atom. The molecule has 0 aromatic rings. The van der Waals surface area contributed by atoms with E-state index in [4.69, 9.17) is 6.48 Å². The first kappa shape index (κ1) is 2.21. The van der Waals surface area contributed by atoms with E-state index < -0.39 is 6.08 Å². The van der Waals surface area contributed by atoms with Gasteiger partial charge in [-0.25, -0.2) is 0 Å². The van der Waals surface area contributed by atoms with Crippen molar-refractivity contribution in [2.75, 3.05) is 0 Å². The monoisotopic (exact) mass is 60.1 g/mol. The van der Waals surface area contributed by atoms with Gasteiger partial charge in [-0.3, -0.25) is 0 Å². The molecule has 1 unspecified atom stereocenters. The molecular weight excluding hydrogens is 52.0 g/mol. The molecule has 0 fully saturated rings. The van der Waals surface area contributed by atoms with E-state index in [9.17, 15) is 0 Å². The van der Waals surface area contributed by atoms with Crippen LogP contribution >= 0.6 is 0 Å². The Morgan fingerprint density at radius 1 is 2.50 bits per heavy atom. The van der Waals surface area contributed by atoms with Crippen LogP contribution in [0.2, 0.25) is 0 Å². The predicted molar refractivity (Wildman–Crippen MR) is 17.0 cm³/mol. The number of rotatable bonds is 0. The van der Waals surface area contributed by atoms with Crippen molar-refractivity contribution in [2.45, 2.75) is 13.0 Å². The van der Waals surface area contributed by atoms with Crippen LogP contribution in [0, 0.1) is 6.92 Å². The summed E-state index contributed by atoms with van der Waals surface area (Å²) < 4.78 is 6.38. The molecule has 0 aliphatic carbocycles. The van der Waals surface area contributed by atoms with Crippen molar-refractivity contribution < 1.29 is 6.48 Å². The van der Waals surface area contributed by atoms with Gasteiger partial charge in [0.1, 0.15) is 0 Å². The molecule has 1 nitrogen and oxygen atoms in total. The molecule has 0 saturated heterocycles. The minimum Gasteiger partial charge on any atom is -0.393 e. The third-order valence-corrected chi connectivity index (χ3v) is 0. The standard InChI is InChI=1S/C3H7O/c1-3(2)4/h3-4H,1H2,2H3/i3D. The molecule has 0 heterocycles. The highest BCUT2D eigenvalue weighted by Crippen LogP contribution is 1.63. The van der Waals surface area contributed by atoms with E-state index >= 15 is 0 Å². The molecule has 1 radical (unpaired) electrons. The quantitative estimate of drug-likeness (QED) is 0.423. The number of hydrogen-bond donors (Lipinski definition) is 1. The summed E-state index contributed by atoms with van der Waals surface area (Å²) in [5, 5.41) is 8.08. The summed E-state index contributed by atoms with van der Waals surface area (Å²) in [6.45, 7) is 4.29. The topological polar surface area (TPSA) is 20.2 Å². The lowest BCUT2D eigenvalue weighted by atomic mass is 10.5. The van der Waals surface area contributed by atoms with Crippen LogP contribution in [0.4, 0.5) is 0 Å². The summed E-state index contributed by atoms with van der Waals surface area (Å²) in [4.78, 5) is 0. The summed E-state index contributed by atoms with van der Waals surface area (Å²) in [7, 11) is 0. The van der Waals surface area contributed by atoms with Crippen LogP contribution in [-0.2, 0) is 0 Å². The zero-order valence-electron chi connectivity index (χ0n) is 3.65. The van der Waals surface area contributed by atoms with E-state index in [-0.39, 0.29) is 0 Å².